The van der Waals surface area contributed by atoms with Crippen LogP contribution in [0.4, 0.5) is 0 Å². The van der Waals surface area contributed by atoms with Crippen LogP contribution in [0, 0.1) is 0 Å². The number of amides is 1. The number of rotatable bonds is 6. The summed E-state index contributed by atoms with van der Waals surface area (Å²) in [4.78, 5) is 26.9. The third-order valence-electron chi connectivity index (χ3n) is 4.88. The Kier molecular flexibility index (Phi) is 6.17. The fourth-order valence-electron chi connectivity index (χ4n) is 3.37. The third kappa shape index (κ3) is 3.81. The number of ether oxygens (including phenoxy) is 1. The topological polar surface area (TPSA) is 66.8 Å². The van der Waals surface area contributed by atoms with Crippen LogP contribution in [0.15, 0.2) is 54.1 Å². The molecule has 0 bridgehead atoms. The van der Waals surface area contributed by atoms with Crippen LogP contribution in [0.5, 0.6) is 0 Å². The number of aryl methyl sites for hydroxylation is 1. The highest BCUT2D eigenvalue weighted by atomic mass is 35.5. The Morgan fingerprint density at radius 3 is 2.50 bits per heavy atom. The van der Waals surface area contributed by atoms with Crippen LogP contribution >= 0.6 is 11.6 Å². The maximum atomic E-state index is 12.8. The molecule has 1 aliphatic heterocycles. The van der Waals surface area contributed by atoms with Crippen molar-refractivity contribution in [2.45, 2.75) is 19.4 Å². The second-order valence-electron chi connectivity index (χ2n) is 6.59. The van der Waals surface area contributed by atoms with Crippen LogP contribution in [0.1, 0.15) is 29.7 Å². The number of aliphatic hydroxyl groups is 1. The van der Waals surface area contributed by atoms with Crippen molar-refractivity contribution in [1.29, 1.82) is 0 Å². The Morgan fingerprint density at radius 1 is 1.18 bits per heavy atom. The van der Waals surface area contributed by atoms with Gasteiger partial charge in [0.25, 0.3) is 11.7 Å². The fraction of sp³-hybridized carbons (Fsp3) is 0.273. The molecule has 0 radical (unpaired) electrons. The molecule has 146 valence electrons. The third-order valence-corrected chi connectivity index (χ3v) is 5.11. The highest BCUT2D eigenvalue weighted by Gasteiger charge is 2.45. The van der Waals surface area contributed by atoms with E-state index in [4.69, 9.17) is 16.3 Å². The van der Waals surface area contributed by atoms with Gasteiger partial charge in [-0.15, -0.1) is 0 Å². The summed E-state index contributed by atoms with van der Waals surface area (Å²) < 4.78 is 5.10. The summed E-state index contributed by atoms with van der Waals surface area (Å²) >= 11 is 6.03. The quantitative estimate of drug-likeness (QED) is 0.453. The summed E-state index contributed by atoms with van der Waals surface area (Å²) in [5.74, 6) is -1.59. The Hall–Kier alpha value is -2.63. The van der Waals surface area contributed by atoms with Crippen LogP contribution < -0.4 is 0 Å². The molecule has 2 aromatic rings. The van der Waals surface area contributed by atoms with Gasteiger partial charge in [0.15, 0.2) is 0 Å². The zero-order valence-corrected chi connectivity index (χ0v) is 16.6. The normalized spacial score (nSPS) is 18.7. The van der Waals surface area contributed by atoms with Gasteiger partial charge in [-0.25, -0.2) is 0 Å². The number of halogens is 1. The number of hydrogen-bond acceptors (Lipinski definition) is 4. The standard InChI is InChI=1S/C22H22ClNO4/c1-3-14-7-9-15(10-8-14)19-18(20(25)16-5-4-6-17(23)13-16)21(26)22(27)24(19)11-12-28-2/h4-10,13,19,25H,3,11-12H2,1-2H3/b20-18-. The van der Waals surface area contributed by atoms with E-state index in [9.17, 15) is 14.7 Å². The lowest BCUT2D eigenvalue weighted by Gasteiger charge is -2.25. The first-order chi connectivity index (χ1) is 13.5. The summed E-state index contributed by atoms with van der Waals surface area (Å²) in [5.41, 5.74) is 2.36. The molecule has 5 nitrogen and oxygen atoms in total. The highest BCUT2D eigenvalue weighted by Crippen LogP contribution is 2.39. The second kappa shape index (κ2) is 8.59. The average molecular weight is 400 g/mol. The minimum atomic E-state index is -0.710. The fourth-order valence-corrected chi connectivity index (χ4v) is 3.56. The summed E-state index contributed by atoms with van der Waals surface area (Å²) in [6.45, 7) is 2.58. The molecule has 0 saturated carbocycles. The van der Waals surface area contributed by atoms with Gasteiger partial charge in [0.2, 0.25) is 0 Å². The number of aliphatic hydroxyl groups excluding tert-OH is 1. The molecule has 1 saturated heterocycles. The lowest BCUT2D eigenvalue weighted by atomic mass is 9.94. The van der Waals surface area contributed by atoms with Gasteiger partial charge in [-0.3, -0.25) is 9.59 Å². The smallest absolute Gasteiger partial charge is 0.295 e. The van der Waals surface area contributed by atoms with Gasteiger partial charge >= 0.3 is 0 Å². The van der Waals surface area contributed by atoms with E-state index in [0.29, 0.717) is 10.6 Å². The minimum Gasteiger partial charge on any atom is -0.507 e. The Morgan fingerprint density at radius 2 is 1.89 bits per heavy atom. The van der Waals surface area contributed by atoms with E-state index in [2.05, 4.69) is 6.92 Å². The van der Waals surface area contributed by atoms with Gasteiger partial charge in [-0.1, -0.05) is 54.9 Å². The van der Waals surface area contributed by atoms with E-state index in [1.54, 1.807) is 24.3 Å². The predicted octanol–water partition coefficient (Wildman–Crippen LogP) is 3.97. The molecule has 1 heterocycles. The maximum Gasteiger partial charge on any atom is 0.295 e. The maximum absolute atomic E-state index is 12.8. The van der Waals surface area contributed by atoms with Crippen molar-refractivity contribution in [3.8, 4) is 0 Å². The van der Waals surface area contributed by atoms with Crippen molar-refractivity contribution in [2.75, 3.05) is 20.3 Å². The van der Waals surface area contributed by atoms with Crippen LogP contribution in [0.2, 0.25) is 5.02 Å². The summed E-state index contributed by atoms with van der Waals surface area (Å²) in [7, 11) is 1.54. The lowest BCUT2D eigenvalue weighted by molar-refractivity contribution is -0.140. The number of ketones is 1. The van der Waals surface area contributed by atoms with Crippen LogP contribution in [0.25, 0.3) is 5.76 Å². The molecule has 28 heavy (non-hydrogen) atoms. The number of carbonyl (C=O) groups is 2. The number of carbonyl (C=O) groups excluding carboxylic acids is 2. The van der Waals surface area contributed by atoms with Crippen molar-refractivity contribution in [2.24, 2.45) is 0 Å². The molecule has 1 unspecified atom stereocenters. The van der Waals surface area contributed by atoms with Crippen molar-refractivity contribution < 1.29 is 19.4 Å². The average Bonchev–Trinajstić information content (AvgIpc) is 2.96. The van der Waals surface area contributed by atoms with E-state index in [0.717, 1.165) is 17.5 Å². The molecule has 6 heteroatoms. The number of hydrogen-bond donors (Lipinski definition) is 1. The summed E-state index contributed by atoms with van der Waals surface area (Å²) in [6, 6.07) is 13.6. The van der Waals surface area contributed by atoms with E-state index in [1.807, 2.05) is 24.3 Å². The van der Waals surface area contributed by atoms with Crippen molar-refractivity contribution in [3.63, 3.8) is 0 Å². The first-order valence-corrected chi connectivity index (χ1v) is 9.47. The Balaban J connectivity index is 2.15. The molecule has 3 rings (SSSR count). The molecular weight excluding hydrogens is 378 g/mol. The second-order valence-corrected chi connectivity index (χ2v) is 7.03. The zero-order valence-electron chi connectivity index (χ0n) is 15.8. The molecule has 1 fully saturated rings. The first kappa shape index (κ1) is 20.1. The van der Waals surface area contributed by atoms with Gasteiger partial charge in [0, 0.05) is 24.2 Å². The molecule has 1 amide bonds. The van der Waals surface area contributed by atoms with Gasteiger partial charge in [0.1, 0.15) is 5.76 Å². The molecular formula is C22H22ClNO4. The van der Waals surface area contributed by atoms with Gasteiger partial charge < -0.3 is 14.7 Å². The van der Waals surface area contributed by atoms with Crippen LogP contribution in [-0.4, -0.2) is 42.0 Å². The van der Waals surface area contributed by atoms with Crippen LogP contribution in [-0.2, 0) is 20.7 Å². The summed E-state index contributed by atoms with van der Waals surface area (Å²) in [6.07, 6.45) is 0.882. The molecule has 2 aromatic carbocycles. The van der Waals surface area contributed by atoms with Crippen molar-refractivity contribution in [1.82, 2.24) is 4.90 Å². The first-order valence-electron chi connectivity index (χ1n) is 9.10. The highest BCUT2D eigenvalue weighted by molar-refractivity contribution is 6.46. The molecule has 0 aliphatic carbocycles. The van der Waals surface area contributed by atoms with Gasteiger partial charge in [-0.2, -0.15) is 0 Å². The number of Topliss-reactive ketones (excluding diaryl/α,β-unsaturated/α-hetero) is 1. The monoisotopic (exact) mass is 399 g/mol. The predicted molar refractivity (Wildman–Crippen MR) is 108 cm³/mol. The lowest BCUT2D eigenvalue weighted by Crippen LogP contribution is -2.32. The number of nitrogens with zero attached hydrogens (tertiary/aromatic N) is 1. The number of methoxy groups -OCH3 is 1. The molecule has 1 aliphatic rings. The van der Waals surface area contributed by atoms with Crippen molar-refractivity contribution in [3.05, 3.63) is 75.8 Å². The van der Waals surface area contributed by atoms with Crippen molar-refractivity contribution >= 4 is 29.1 Å². The number of likely N-dealkylation sites (tertiary alicyclic amines) is 1. The SMILES string of the molecule is CCc1ccc(C2/C(=C(/O)c3cccc(Cl)c3)C(=O)C(=O)N2CCOC)cc1. The summed E-state index contributed by atoms with van der Waals surface area (Å²) in [5, 5.41) is 11.3. The zero-order chi connectivity index (χ0) is 20.3. The Labute approximate surface area is 169 Å². The number of benzene rings is 2. The minimum absolute atomic E-state index is 0.0626. The molecule has 0 aromatic heterocycles. The van der Waals surface area contributed by atoms with Crippen LogP contribution in [0.3, 0.4) is 0 Å². The molecule has 0 spiro atoms. The van der Waals surface area contributed by atoms with E-state index >= 15 is 0 Å². The van der Waals surface area contributed by atoms with Gasteiger partial charge in [0.05, 0.1) is 18.2 Å². The molecule has 1 N–H and O–H groups in total. The largest absolute Gasteiger partial charge is 0.507 e. The van der Waals surface area contributed by atoms with Gasteiger partial charge in [-0.05, 0) is 29.7 Å². The van der Waals surface area contributed by atoms with E-state index in [1.165, 1.54) is 12.0 Å². The van der Waals surface area contributed by atoms with E-state index in [-0.39, 0.29) is 24.5 Å². The van der Waals surface area contributed by atoms with E-state index < -0.39 is 17.7 Å². The molecule has 1 atom stereocenters. The Bertz CT molecular complexity index is 920.